The Labute approximate surface area is 264 Å². The van der Waals surface area contributed by atoms with Gasteiger partial charge in [-0.15, -0.1) is 0 Å². The Bertz CT molecular complexity index is 1840. The molecule has 13 nitrogen and oxygen atoms in total. The van der Waals surface area contributed by atoms with Gasteiger partial charge in [0.15, 0.2) is 5.82 Å². The van der Waals surface area contributed by atoms with Crippen LogP contribution in [0.1, 0.15) is 37.2 Å². The molecule has 3 heterocycles. The van der Waals surface area contributed by atoms with Crippen molar-refractivity contribution in [1.29, 1.82) is 0 Å². The number of likely N-dealkylation sites (N-methyl/N-ethyl adjacent to an activating group) is 1. The molecule has 0 radical (unpaired) electrons. The zero-order chi connectivity index (χ0) is 32.7. The number of aromatic hydroxyl groups is 1. The molecule has 3 aromatic rings. The number of nitrogens with zero attached hydrogens (tertiary/aromatic N) is 3. The van der Waals surface area contributed by atoms with E-state index in [2.05, 4.69) is 27.7 Å². The summed E-state index contributed by atoms with van der Waals surface area (Å²) in [5, 5.41) is 15.9. The lowest BCUT2D eigenvalue weighted by Gasteiger charge is -2.33. The molecule has 3 fully saturated rings. The first-order valence-corrected chi connectivity index (χ1v) is 16.3. The number of piperidine rings is 2. The fourth-order valence-electron chi connectivity index (χ4n) is 6.34. The van der Waals surface area contributed by atoms with Crippen LogP contribution in [-0.4, -0.2) is 81.3 Å². The van der Waals surface area contributed by atoms with Gasteiger partial charge >= 0.3 is 10.2 Å². The number of anilines is 3. The van der Waals surface area contributed by atoms with Gasteiger partial charge < -0.3 is 15.3 Å². The highest BCUT2D eigenvalue weighted by atomic mass is 32.2. The maximum absolute atomic E-state index is 15.3. The number of phenolic OH excluding ortho intramolecular Hbond substituents is 1. The van der Waals surface area contributed by atoms with Crippen molar-refractivity contribution in [2.24, 2.45) is 0 Å². The molecule has 0 aromatic heterocycles. The van der Waals surface area contributed by atoms with E-state index < -0.39 is 39.9 Å². The Kier molecular flexibility index (Phi) is 8.29. The first-order chi connectivity index (χ1) is 21.9. The van der Waals surface area contributed by atoms with Crippen molar-refractivity contribution >= 4 is 61.7 Å². The van der Waals surface area contributed by atoms with Gasteiger partial charge in [0.2, 0.25) is 17.7 Å². The van der Waals surface area contributed by atoms with Crippen molar-refractivity contribution in [2.45, 2.75) is 37.6 Å². The lowest BCUT2D eigenvalue weighted by atomic mass is 9.89. The molecule has 3 saturated heterocycles. The predicted octanol–water partition coefficient (Wildman–Crippen LogP) is 1.92. The van der Waals surface area contributed by atoms with Crippen LogP contribution < -0.4 is 24.6 Å². The van der Waals surface area contributed by atoms with Crippen molar-refractivity contribution in [3.8, 4) is 5.75 Å². The Balaban J connectivity index is 1.03. The number of halogens is 1. The number of amides is 4. The summed E-state index contributed by atoms with van der Waals surface area (Å²) in [6.45, 7) is 0.936. The average molecular weight is 653 g/mol. The van der Waals surface area contributed by atoms with Crippen molar-refractivity contribution < 1.29 is 37.1 Å². The van der Waals surface area contributed by atoms with E-state index >= 15 is 4.39 Å². The average Bonchev–Trinajstić information content (AvgIpc) is 3.28. The summed E-state index contributed by atoms with van der Waals surface area (Å²) in [5.74, 6) is -2.96. The highest BCUT2D eigenvalue weighted by molar-refractivity contribution is 7.92. The minimum atomic E-state index is -4.32. The number of phenols is 1. The number of benzene rings is 3. The lowest BCUT2D eigenvalue weighted by Crippen LogP contribution is -2.51. The number of carbonyl (C=O) groups is 4. The molecule has 0 aliphatic carbocycles. The molecule has 3 aromatic carbocycles. The summed E-state index contributed by atoms with van der Waals surface area (Å²) >= 11 is 0. The minimum Gasteiger partial charge on any atom is -0.506 e. The van der Waals surface area contributed by atoms with Gasteiger partial charge in [0.25, 0.3) is 5.91 Å². The van der Waals surface area contributed by atoms with Crippen LogP contribution in [0, 0.1) is 5.82 Å². The zero-order valence-corrected chi connectivity index (χ0v) is 25.8. The second-order valence-electron chi connectivity index (χ2n) is 11.8. The number of carbonyl (C=O) groups excluding carboxylic acids is 4. The molecule has 3 aliphatic rings. The van der Waals surface area contributed by atoms with Crippen LogP contribution in [0.25, 0.3) is 10.8 Å². The molecule has 0 saturated carbocycles. The summed E-state index contributed by atoms with van der Waals surface area (Å²) in [6.07, 6.45) is 2.52. The molecule has 0 bridgehead atoms. The van der Waals surface area contributed by atoms with Gasteiger partial charge in [-0.25, -0.2) is 13.4 Å². The largest absolute Gasteiger partial charge is 0.506 e. The maximum atomic E-state index is 15.3. The van der Waals surface area contributed by atoms with Crippen LogP contribution in [-0.2, 0) is 29.4 Å². The second-order valence-corrected chi connectivity index (χ2v) is 13.4. The fraction of sp³-hybridized carbons (Fsp3) is 0.355. The molecule has 4 N–H and O–H groups in total. The summed E-state index contributed by atoms with van der Waals surface area (Å²) in [5.41, 5.74) is 1.84. The van der Waals surface area contributed by atoms with Crippen LogP contribution in [0.3, 0.4) is 0 Å². The van der Waals surface area contributed by atoms with Gasteiger partial charge in [0.05, 0.1) is 6.54 Å². The van der Waals surface area contributed by atoms with Gasteiger partial charge in [0, 0.05) is 30.2 Å². The third kappa shape index (κ3) is 6.20. The molecule has 1 unspecified atom stereocenters. The summed E-state index contributed by atoms with van der Waals surface area (Å²) < 4.78 is 41.9. The topological polar surface area (TPSA) is 168 Å². The maximum Gasteiger partial charge on any atom is 0.326 e. The Morgan fingerprint density at radius 3 is 2.41 bits per heavy atom. The Morgan fingerprint density at radius 2 is 1.76 bits per heavy atom. The van der Waals surface area contributed by atoms with Crippen molar-refractivity contribution in [3.63, 3.8) is 0 Å². The van der Waals surface area contributed by atoms with E-state index in [0.29, 0.717) is 41.8 Å². The number of fused-ring (bicyclic) bond motifs is 1. The molecule has 1 atom stereocenters. The molecular formula is C31H33FN6O7S. The van der Waals surface area contributed by atoms with E-state index in [-0.39, 0.29) is 41.1 Å². The highest BCUT2D eigenvalue weighted by Gasteiger charge is 2.38. The van der Waals surface area contributed by atoms with Crippen LogP contribution in [0.5, 0.6) is 5.75 Å². The molecule has 0 spiro atoms. The van der Waals surface area contributed by atoms with Gasteiger partial charge in [-0.1, -0.05) is 12.1 Å². The van der Waals surface area contributed by atoms with Gasteiger partial charge in [-0.3, -0.25) is 29.4 Å². The third-order valence-electron chi connectivity index (χ3n) is 8.79. The van der Waals surface area contributed by atoms with Crippen LogP contribution in [0.4, 0.5) is 21.5 Å². The molecule has 242 valence electrons. The molecule has 46 heavy (non-hydrogen) atoms. The van der Waals surface area contributed by atoms with E-state index in [1.165, 1.54) is 29.8 Å². The van der Waals surface area contributed by atoms with Crippen LogP contribution >= 0.6 is 0 Å². The molecule has 15 heteroatoms. The van der Waals surface area contributed by atoms with E-state index in [9.17, 15) is 32.7 Å². The van der Waals surface area contributed by atoms with Crippen molar-refractivity contribution in [3.05, 3.63) is 59.9 Å². The zero-order valence-electron chi connectivity index (χ0n) is 25.0. The van der Waals surface area contributed by atoms with Crippen molar-refractivity contribution in [1.82, 2.24) is 14.9 Å². The van der Waals surface area contributed by atoms with E-state index in [1.807, 2.05) is 24.1 Å². The number of hydrogen-bond donors (Lipinski definition) is 4. The van der Waals surface area contributed by atoms with Crippen molar-refractivity contribution in [2.75, 3.05) is 47.7 Å². The second kappa shape index (κ2) is 12.2. The number of likely N-dealkylation sites (tertiary alicyclic amines) is 1. The predicted molar refractivity (Wildman–Crippen MR) is 168 cm³/mol. The quantitative estimate of drug-likeness (QED) is 0.279. The summed E-state index contributed by atoms with van der Waals surface area (Å²) in [4.78, 5) is 52.1. The molecular weight excluding hydrogens is 619 g/mol. The third-order valence-corrected chi connectivity index (χ3v) is 10.2. The Hall–Kier alpha value is -4.76. The van der Waals surface area contributed by atoms with Crippen LogP contribution in [0.2, 0.25) is 0 Å². The number of rotatable bonds is 7. The first kappa shape index (κ1) is 31.2. The van der Waals surface area contributed by atoms with Gasteiger partial charge in [0.1, 0.15) is 24.0 Å². The standard InChI is InChI=1S/C31H33FN6O7S/c1-36(24-8-9-26(40)34-31(24)43)22-5-2-18(3-6-22)19-10-12-37(13-11-19)16-27(41)33-21-4-7-23-20(14-21)15-25(39)30(29(23)32)38-17-28(42)35-46(38,44)45/h2-7,14-15,19,24,39H,8-13,16-17H2,1H3,(H,33,41)(H,35,42)(H,34,40,43). The number of nitrogens with one attached hydrogen (secondary N) is 3. The molecule has 4 amide bonds. The van der Waals surface area contributed by atoms with E-state index in [1.54, 1.807) is 4.72 Å². The molecule has 6 rings (SSSR count). The minimum absolute atomic E-state index is 0.0121. The van der Waals surface area contributed by atoms with E-state index in [0.717, 1.165) is 18.5 Å². The monoisotopic (exact) mass is 652 g/mol. The number of imide groups is 1. The summed E-state index contributed by atoms with van der Waals surface area (Å²) in [7, 11) is -2.48. The smallest absolute Gasteiger partial charge is 0.326 e. The van der Waals surface area contributed by atoms with Crippen LogP contribution in [0.15, 0.2) is 48.5 Å². The highest BCUT2D eigenvalue weighted by Crippen LogP contribution is 2.39. The fourth-order valence-corrected chi connectivity index (χ4v) is 7.50. The normalized spacial score (nSPS) is 20.4. The van der Waals surface area contributed by atoms with E-state index in [4.69, 9.17) is 0 Å². The number of hydrogen-bond acceptors (Lipinski definition) is 9. The van der Waals surface area contributed by atoms with Gasteiger partial charge in [-0.2, -0.15) is 8.42 Å². The summed E-state index contributed by atoms with van der Waals surface area (Å²) in [6, 6.07) is 13.2. The lowest BCUT2D eigenvalue weighted by molar-refractivity contribution is -0.134. The van der Waals surface area contributed by atoms with Gasteiger partial charge in [-0.05, 0) is 85.6 Å². The Morgan fingerprint density at radius 1 is 1.04 bits per heavy atom. The SMILES string of the molecule is CN(c1ccc(C2CCN(CC(=O)Nc3ccc4c(F)c(N5CC(=O)NS5(=O)=O)c(O)cc4c3)CC2)cc1)C1CCC(=O)NC1=O. The first-order valence-electron chi connectivity index (χ1n) is 14.9. The molecule has 3 aliphatic heterocycles.